The second-order valence-electron chi connectivity index (χ2n) is 6.27. The molecule has 3 heteroatoms. The molecule has 2 aromatic rings. The van der Waals surface area contributed by atoms with Gasteiger partial charge in [0.2, 0.25) is 0 Å². The summed E-state index contributed by atoms with van der Waals surface area (Å²) in [6.45, 7) is 7.57. The van der Waals surface area contributed by atoms with Gasteiger partial charge in [-0.2, -0.15) is 0 Å². The molecule has 0 saturated heterocycles. The Morgan fingerprint density at radius 2 is 1.95 bits per heavy atom. The van der Waals surface area contributed by atoms with Gasteiger partial charge in [0, 0.05) is 30.0 Å². The minimum absolute atomic E-state index is 0.201. The van der Waals surface area contributed by atoms with E-state index in [0.717, 1.165) is 18.5 Å². The number of halogens is 1. The zero-order valence-electron chi connectivity index (χ0n) is 12.5. The van der Waals surface area contributed by atoms with Crippen LogP contribution in [-0.2, 0) is 6.54 Å². The second kappa shape index (κ2) is 6.55. The van der Waals surface area contributed by atoms with Gasteiger partial charge in [0.05, 0.1) is 5.52 Å². The lowest BCUT2D eigenvalue weighted by atomic mass is 9.85. The molecule has 1 aromatic heterocycles. The molecule has 1 N–H and O–H groups in total. The molecular formula is C17H23ClN2. The van der Waals surface area contributed by atoms with Crippen molar-refractivity contribution in [2.24, 2.45) is 5.41 Å². The molecule has 0 bridgehead atoms. The van der Waals surface area contributed by atoms with Gasteiger partial charge >= 0.3 is 0 Å². The summed E-state index contributed by atoms with van der Waals surface area (Å²) < 4.78 is 0. The van der Waals surface area contributed by atoms with Gasteiger partial charge in [0.25, 0.3) is 0 Å². The number of hydrogen-bond donors (Lipinski definition) is 1. The van der Waals surface area contributed by atoms with Crippen LogP contribution in [0.1, 0.15) is 32.8 Å². The third-order valence-corrected chi connectivity index (χ3v) is 3.92. The van der Waals surface area contributed by atoms with Gasteiger partial charge in [-0.3, -0.25) is 4.98 Å². The zero-order chi connectivity index (χ0) is 14.6. The van der Waals surface area contributed by atoms with Crippen molar-refractivity contribution in [2.75, 3.05) is 5.88 Å². The van der Waals surface area contributed by atoms with Crippen LogP contribution in [0.15, 0.2) is 36.5 Å². The maximum Gasteiger partial charge on any atom is 0.0746 e. The monoisotopic (exact) mass is 290 g/mol. The number of nitrogens with zero attached hydrogens (tertiary/aromatic N) is 1. The van der Waals surface area contributed by atoms with Crippen LogP contribution in [0.4, 0.5) is 0 Å². The van der Waals surface area contributed by atoms with E-state index in [1.165, 1.54) is 10.9 Å². The Bertz CT molecular complexity index is 555. The summed E-state index contributed by atoms with van der Waals surface area (Å²) in [5.74, 6) is 0.683. The SMILES string of the molecule is CC(C)(C)C(CCCl)NCc1cccc2cccnc12. The van der Waals surface area contributed by atoms with Crippen molar-refractivity contribution in [1.29, 1.82) is 0 Å². The third kappa shape index (κ3) is 3.71. The largest absolute Gasteiger partial charge is 0.309 e. The van der Waals surface area contributed by atoms with Crippen molar-refractivity contribution in [2.45, 2.75) is 39.8 Å². The van der Waals surface area contributed by atoms with Crippen molar-refractivity contribution in [3.63, 3.8) is 0 Å². The normalized spacial score (nSPS) is 13.6. The number of fused-ring (bicyclic) bond motifs is 1. The maximum atomic E-state index is 5.93. The van der Waals surface area contributed by atoms with Crippen molar-refractivity contribution in [1.82, 2.24) is 10.3 Å². The summed E-state index contributed by atoms with van der Waals surface area (Å²) in [5, 5.41) is 4.84. The quantitative estimate of drug-likeness (QED) is 0.827. The predicted molar refractivity (Wildman–Crippen MR) is 87.2 cm³/mol. The number of nitrogens with one attached hydrogen (secondary N) is 1. The lowest BCUT2D eigenvalue weighted by Crippen LogP contribution is -2.40. The molecule has 2 nitrogen and oxygen atoms in total. The van der Waals surface area contributed by atoms with Crippen molar-refractivity contribution in [3.8, 4) is 0 Å². The summed E-state index contributed by atoms with van der Waals surface area (Å²) >= 11 is 5.93. The number of alkyl halides is 1. The molecule has 0 amide bonds. The Hall–Kier alpha value is -1.12. The van der Waals surface area contributed by atoms with Gasteiger partial charge < -0.3 is 5.32 Å². The summed E-state index contributed by atoms with van der Waals surface area (Å²) in [6, 6.07) is 10.8. The molecule has 0 aliphatic carbocycles. The number of aromatic nitrogens is 1. The Morgan fingerprint density at radius 3 is 2.65 bits per heavy atom. The fourth-order valence-corrected chi connectivity index (χ4v) is 2.71. The van der Waals surface area contributed by atoms with E-state index >= 15 is 0 Å². The number of rotatable bonds is 5. The van der Waals surface area contributed by atoms with Crippen molar-refractivity contribution >= 4 is 22.5 Å². The van der Waals surface area contributed by atoms with Crippen LogP contribution in [0.5, 0.6) is 0 Å². The van der Waals surface area contributed by atoms with Gasteiger partial charge in [-0.25, -0.2) is 0 Å². The van der Waals surface area contributed by atoms with E-state index in [-0.39, 0.29) is 5.41 Å². The smallest absolute Gasteiger partial charge is 0.0746 e. The van der Waals surface area contributed by atoms with Crippen LogP contribution in [0.3, 0.4) is 0 Å². The van der Waals surface area contributed by atoms with Gasteiger partial charge in [-0.05, 0) is 23.5 Å². The van der Waals surface area contributed by atoms with E-state index < -0.39 is 0 Å². The molecule has 1 aromatic carbocycles. The predicted octanol–water partition coefficient (Wildman–Crippen LogP) is 4.37. The van der Waals surface area contributed by atoms with Gasteiger partial charge in [0.1, 0.15) is 0 Å². The first-order valence-electron chi connectivity index (χ1n) is 7.14. The molecule has 0 aliphatic heterocycles. The molecule has 0 radical (unpaired) electrons. The Labute approximate surface area is 126 Å². The van der Waals surface area contributed by atoms with E-state index in [2.05, 4.69) is 55.3 Å². The highest BCUT2D eigenvalue weighted by atomic mass is 35.5. The van der Waals surface area contributed by atoms with E-state index in [9.17, 15) is 0 Å². The summed E-state index contributed by atoms with van der Waals surface area (Å²) in [4.78, 5) is 4.50. The fraction of sp³-hybridized carbons (Fsp3) is 0.471. The number of para-hydroxylation sites is 1. The van der Waals surface area contributed by atoms with E-state index in [1.54, 1.807) is 0 Å². The molecule has 0 aliphatic rings. The van der Waals surface area contributed by atoms with Crippen LogP contribution in [0, 0.1) is 5.41 Å². The van der Waals surface area contributed by atoms with Gasteiger partial charge in [-0.15, -0.1) is 11.6 Å². The first-order chi connectivity index (χ1) is 9.52. The molecule has 1 heterocycles. The average molecular weight is 291 g/mol. The molecule has 108 valence electrons. The number of benzene rings is 1. The average Bonchev–Trinajstić information content (AvgIpc) is 2.42. The summed E-state index contributed by atoms with van der Waals surface area (Å²) in [6.07, 6.45) is 2.83. The van der Waals surface area contributed by atoms with E-state index in [0.29, 0.717) is 11.9 Å². The van der Waals surface area contributed by atoms with Crippen molar-refractivity contribution < 1.29 is 0 Å². The van der Waals surface area contributed by atoms with Crippen LogP contribution in [0.2, 0.25) is 0 Å². The highest BCUT2D eigenvalue weighted by Crippen LogP contribution is 2.23. The molecule has 20 heavy (non-hydrogen) atoms. The number of pyridine rings is 1. The van der Waals surface area contributed by atoms with Crippen LogP contribution in [0.25, 0.3) is 10.9 Å². The first-order valence-corrected chi connectivity index (χ1v) is 7.68. The third-order valence-electron chi connectivity index (χ3n) is 3.70. The molecular weight excluding hydrogens is 268 g/mol. The van der Waals surface area contributed by atoms with E-state index in [4.69, 9.17) is 11.6 Å². The number of hydrogen-bond acceptors (Lipinski definition) is 2. The molecule has 1 atom stereocenters. The second-order valence-corrected chi connectivity index (χ2v) is 6.65. The standard InChI is InChI=1S/C17H23ClN2/c1-17(2,3)15(9-10-18)20-12-14-7-4-6-13-8-5-11-19-16(13)14/h4-8,11,15,20H,9-10,12H2,1-3H3. The lowest BCUT2D eigenvalue weighted by Gasteiger charge is -2.31. The fourth-order valence-electron chi connectivity index (χ4n) is 2.49. The van der Waals surface area contributed by atoms with Crippen molar-refractivity contribution in [3.05, 3.63) is 42.1 Å². The summed E-state index contributed by atoms with van der Waals surface area (Å²) in [5.41, 5.74) is 2.53. The molecule has 0 saturated carbocycles. The maximum absolute atomic E-state index is 5.93. The lowest BCUT2D eigenvalue weighted by molar-refractivity contribution is 0.261. The molecule has 0 spiro atoms. The Morgan fingerprint density at radius 1 is 1.20 bits per heavy atom. The van der Waals surface area contributed by atoms with Crippen LogP contribution >= 0.6 is 11.6 Å². The summed E-state index contributed by atoms with van der Waals surface area (Å²) in [7, 11) is 0. The van der Waals surface area contributed by atoms with Gasteiger partial charge in [0.15, 0.2) is 0 Å². The minimum Gasteiger partial charge on any atom is -0.309 e. The zero-order valence-corrected chi connectivity index (χ0v) is 13.2. The van der Waals surface area contributed by atoms with Gasteiger partial charge in [-0.1, -0.05) is 45.0 Å². The first kappa shape index (κ1) is 15.3. The Kier molecular flexibility index (Phi) is 5.00. The van der Waals surface area contributed by atoms with Crippen LogP contribution in [-0.4, -0.2) is 16.9 Å². The Balaban J connectivity index is 2.16. The highest BCUT2D eigenvalue weighted by Gasteiger charge is 2.23. The molecule has 0 fully saturated rings. The molecule has 1 unspecified atom stereocenters. The van der Waals surface area contributed by atoms with Crippen LogP contribution < -0.4 is 5.32 Å². The molecule has 2 rings (SSSR count). The highest BCUT2D eigenvalue weighted by molar-refractivity contribution is 6.17. The minimum atomic E-state index is 0.201. The van der Waals surface area contributed by atoms with E-state index in [1.807, 2.05) is 12.3 Å². The topological polar surface area (TPSA) is 24.9 Å².